The van der Waals surface area contributed by atoms with E-state index in [1.807, 2.05) is 0 Å². The van der Waals surface area contributed by atoms with E-state index in [0.717, 1.165) is 0 Å². The Bertz CT molecular complexity index is 292. The molecule has 1 rings (SSSR count). The summed E-state index contributed by atoms with van der Waals surface area (Å²) in [5.74, 6) is -0.157. The van der Waals surface area contributed by atoms with Crippen molar-refractivity contribution in [1.82, 2.24) is 4.98 Å². The van der Waals surface area contributed by atoms with Crippen LogP contribution in [0.5, 0.6) is 5.75 Å². The molecule has 0 atom stereocenters. The topological polar surface area (TPSA) is 37.5 Å². The first kappa shape index (κ1) is 6.84. The highest BCUT2D eigenvalue weighted by molar-refractivity contribution is 6.30. The summed E-state index contributed by atoms with van der Waals surface area (Å²) in [6, 6.07) is 1.27. The minimum absolute atomic E-state index is 0.0207. The third kappa shape index (κ3) is 1.17. The Morgan fingerprint density at radius 3 is 2.90 bits per heavy atom. The number of aromatic hydroxyl groups is 1. The van der Waals surface area contributed by atoms with Crippen LogP contribution in [0.4, 0.5) is 5.69 Å². The van der Waals surface area contributed by atoms with Crippen molar-refractivity contribution in [2.75, 3.05) is 0 Å². The van der Waals surface area contributed by atoms with E-state index in [4.69, 9.17) is 23.3 Å². The van der Waals surface area contributed by atoms with Crippen LogP contribution >= 0.6 is 11.6 Å². The number of hydrogen-bond donors (Lipinski definition) is 1. The molecule has 0 spiro atoms. The van der Waals surface area contributed by atoms with Crippen molar-refractivity contribution >= 4 is 17.3 Å². The molecule has 0 aliphatic carbocycles. The molecule has 1 N–H and O–H groups in total. The molecule has 1 aromatic heterocycles. The zero-order valence-corrected chi connectivity index (χ0v) is 5.63. The standard InChI is InChI=1S/C6H3ClN2O/c1-8-4-2-5(10)6(7)9-3-4/h2-3,10H. The number of halogens is 1. The van der Waals surface area contributed by atoms with Gasteiger partial charge < -0.3 is 5.11 Å². The Labute approximate surface area is 62.7 Å². The molecule has 4 heteroatoms. The number of nitrogens with zero attached hydrogens (tertiary/aromatic N) is 2. The second kappa shape index (κ2) is 2.54. The average molecular weight is 155 g/mol. The molecule has 0 aliphatic rings. The van der Waals surface area contributed by atoms with Crippen LogP contribution in [-0.4, -0.2) is 10.1 Å². The van der Waals surface area contributed by atoms with Gasteiger partial charge >= 0.3 is 0 Å². The smallest absolute Gasteiger partial charge is 0.208 e. The lowest BCUT2D eigenvalue weighted by atomic mass is 10.4. The molecule has 0 aromatic carbocycles. The molecule has 0 saturated heterocycles. The van der Waals surface area contributed by atoms with Crippen LogP contribution in [0.2, 0.25) is 5.15 Å². The van der Waals surface area contributed by atoms with Crippen molar-refractivity contribution < 1.29 is 5.11 Å². The van der Waals surface area contributed by atoms with E-state index in [2.05, 4.69) is 9.83 Å². The van der Waals surface area contributed by atoms with Gasteiger partial charge in [0.25, 0.3) is 0 Å². The molecule has 1 heterocycles. The van der Waals surface area contributed by atoms with E-state index in [1.165, 1.54) is 12.3 Å². The maximum absolute atomic E-state index is 8.89. The van der Waals surface area contributed by atoms with E-state index >= 15 is 0 Å². The van der Waals surface area contributed by atoms with Crippen molar-refractivity contribution in [3.63, 3.8) is 0 Å². The summed E-state index contributed by atoms with van der Waals surface area (Å²) in [7, 11) is 0. The summed E-state index contributed by atoms with van der Waals surface area (Å²) in [4.78, 5) is 6.59. The number of hydrogen-bond acceptors (Lipinski definition) is 2. The summed E-state index contributed by atoms with van der Waals surface area (Å²) < 4.78 is 0. The van der Waals surface area contributed by atoms with Gasteiger partial charge in [-0.25, -0.2) is 4.85 Å². The molecular formula is C6H3ClN2O. The van der Waals surface area contributed by atoms with Gasteiger partial charge in [-0.15, -0.1) is 0 Å². The first-order chi connectivity index (χ1) is 4.74. The highest BCUT2D eigenvalue weighted by Gasteiger charge is 1.98. The van der Waals surface area contributed by atoms with Gasteiger partial charge in [0.15, 0.2) is 5.15 Å². The minimum atomic E-state index is -0.157. The summed E-state index contributed by atoms with van der Waals surface area (Å²) in [5.41, 5.74) is 0.280. The molecule has 0 unspecified atom stereocenters. The fourth-order valence-electron chi connectivity index (χ4n) is 0.487. The van der Waals surface area contributed by atoms with Gasteiger partial charge in [0.2, 0.25) is 5.69 Å². The van der Waals surface area contributed by atoms with Gasteiger partial charge in [-0.3, -0.25) is 4.98 Å². The molecular weight excluding hydrogens is 152 g/mol. The molecule has 0 amide bonds. The molecule has 0 radical (unpaired) electrons. The Kier molecular flexibility index (Phi) is 1.74. The monoisotopic (exact) mass is 154 g/mol. The molecule has 0 saturated carbocycles. The normalized spacial score (nSPS) is 8.80. The highest BCUT2D eigenvalue weighted by atomic mass is 35.5. The van der Waals surface area contributed by atoms with Gasteiger partial charge in [-0.2, -0.15) is 0 Å². The average Bonchev–Trinajstić information content (AvgIpc) is 1.95. The van der Waals surface area contributed by atoms with Crippen molar-refractivity contribution in [2.24, 2.45) is 0 Å². The minimum Gasteiger partial charge on any atom is -0.506 e. The largest absolute Gasteiger partial charge is 0.506 e. The lowest BCUT2D eigenvalue weighted by Gasteiger charge is -1.93. The number of rotatable bonds is 0. The summed E-state index contributed by atoms with van der Waals surface area (Å²) in [6.07, 6.45) is 1.30. The number of aromatic nitrogens is 1. The van der Waals surface area contributed by atoms with Crippen LogP contribution < -0.4 is 0 Å². The molecule has 3 nitrogen and oxygen atoms in total. The zero-order valence-electron chi connectivity index (χ0n) is 4.87. The van der Waals surface area contributed by atoms with Crippen LogP contribution in [0, 0.1) is 6.57 Å². The van der Waals surface area contributed by atoms with E-state index in [9.17, 15) is 0 Å². The van der Waals surface area contributed by atoms with E-state index < -0.39 is 0 Å². The van der Waals surface area contributed by atoms with E-state index in [0.29, 0.717) is 0 Å². The van der Waals surface area contributed by atoms with Crippen LogP contribution in [0.1, 0.15) is 0 Å². The fourth-order valence-corrected chi connectivity index (χ4v) is 0.590. The van der Waals surface area contributed by atoms with Gasteiger partial charge in [0.1, 0.15) is 5.75 Å². The maximum Gasteiger partial charge on any atom is 0.208 e. The highest BCUT2D eigenvalue weighted by Crippen LogP contribution is 2.24. The van der Waals surface area contributed by atoms with Crippen LogP contribution in [-0.2, 0) is 0 Å². The second-order valence-electron chi connectivity index (χ2n) is 1.62. The first-order valence-electron chi connectivity index (χ1n) is 2.46. The molecule has 0 aliphatic heterocycles. The van der Waals surface area contributed by atoms with Gasteiger partial charge in [-0.05, 0) is 6.07 Å². The summed E-state index contributed by atoms with van der Waals surface area (Å²) in [6.45, 7) is 6.54. The molecule has 1 aromatic rings. The van der Waals surface area contributed by atoms with Crippen molar-refractivity contribution in [1.29, 1.82) is 0 Å². The van der Waals surface area contributed by atoms with E-state index in [1.54, 1.807) is 0 Å². The predicted octanol–water partition coefficient (Wildman–Crippen LogP) is 1.99. The van der Waals surface area contributed by atoms with Crippen LogP contribution in [0.25, 0.3) is 4.85 Å². The zero-order chi connectivity index (χ0) is 7.56. The van der Waals surface area contributed by atoms with Crippen LogP contribution in [0.15, 0.2) is 12.3 Å². The first-order valence-corrected chi connectivity index (χ1v) is 2.84. The third-order valence-electron chi connectivity index (χ3n) is 0.935. The third-order valence-corrected chi connectivity index (χ3v) is 1.23. The number of pyridine rings is 1. The summed E-state index contributed by atoms with van der Waals surface area (Å²) >= 11 is 5.37. The summed E-state index contributed by atoms with van der Waals surface area (Å²) in [5, 5.41) is 8.91. The lowest BCUT2D eigenvalue weighted by Crippen LogP contribution is -1.72. The van der Waals surface area contributed by atoms with Crippen molar-refractivity contribution in [3.8, 4) is 5.75 Å². The predicted molar refractivity (Wildman–Crippen MR) is 37.2 cm³/mol. The van der Waals surface area contributed by atoms with Gasteiger partial charge in [-0.1, -0.05) is 11.6 Å². The van der Waals surface area contributed by atoms with E-state index in [-0.39, 0.29) is 16.6 Å². The second-order valence-corrected chi connectivity index (χ2v) is 1.97. The lowest BCUT2D eigenvalue weighted by molar-refractivity contribution is 0.473. The molecule has 0 fully saturated rings. The Balaban J connectivity index is 3.20. The van der Waals surface area contributed by atoms with Crippen LogP contribution in [0.3, 0.4) is 0 Å². The SMILES string of the molecule is [C-]#[N+]c1cnc(Cl)c(O)c1. The van der Waals surface area contributed by atoms with Crippen molar-refractivity contribution in [3.05, 3.63) is 28.8 Å². The molecule has 10 heavy (non-hydrogen) atoms. The Morgan fingerprint density at radius 1 is 1.70 bits per heavy atom. The quantitative estimate of drug-likeness (QED) is 0.458. The maximum atomic E-state index is 8.89. The fraction of sp³-hybridized carbons (Fsp3) is 0. The Morgan fingerprint density at radius 2 is 2.40 bits per heavy atom. The Hall–Kier alpha value is -1.27. The molecule has 50 valence electrons. The van der Waals surface area contributed by atoms with Gasteiger partial charge in [0, 0.05) is 6.20 Å². The van der Waals surface area contributed by atoms with Gasteiger partial charge in [0.05, 0.1) is 6.57 Å². The molecule has 0 bridgehead atoms. The van der Waals surface area contributed by atoms with Crippen molar-refractivity contribution in [2.45, 2.75) is 0 Å².